The number of hydrogen-bond acceptors (Lipinski definition) is 4. The van der Waals surface area contributed by atoms with Crippen molar-refractivity contribution >= 4 is 38.3 Å². The van der Waals surface area contributed by atoms with E-state index in [0.29, 0.717) is 24.0 Å². The molecule has 0 radical (unpaired) electrons. The molecule has 0 aliphatic carbocycles. The van der Waals surface area contributed by atoms with Crippen LogP contribution in [-0.2, 0) is 14.8 Å². The van der Waals surface area contributed by atoms with Crippen molar-refractivity contribution < 1.29 is 13.2 Å². The molecule has 0 unspecified atom stereocenters. The molecule has 1 N–H and O–H groups in total. The van der Waals surface area contributed by atoms with Crippen molar-refractivity contribution in [3.8, 4) is 0 Å². The van der Waals surface area contributed by atoms with Crippen LogP contribution in [0.1, 0.15) is 12.8 Å². The standard InChI is InChI=1S/C20H24ClN3O3S/c21-18-3-1-17-12-19(4-2-16(17)11-18)28(26,27)24-10-9-23(20(25)14-24)13-15-5-7-22-8-6-15/h1-4,11-12,15,22H,5-10,13-14H2. The minimum absolute atomic E-state index is 0.0913. The SMILES string of the molecule is O=C1CN(S(=O)(=O)c2ccc3cc(Cl)ccc3c2)CCN1CC1CCNCC1. The Kier molecular flexibility index (Phi) is 5.60. The van der Waals surface area contributed by atoms with Gasteiger partial charge in [-0.25, -0.2) is 8.42 Å². The smallest absolute Gasteiger partial charge is 0.243 e. The summed E-state index contributed by atoms with van der Waals surface area (Å²) in [5.41, 5.74) is 0. The number of piperazine rings is 1. The molecule has 0 spiro atoms. The Bertz CT molecular complexity index is 989. The Balaban J connectivity index is 1.48. The van der Waals surface area contributed by atoms with E-state index < -0.39 is 10.0 Å². The Morgan fingerprint density at radius 3 is 2.50 bits per heavy atom. The maximum Gasteiger partial charge on any atom is 0.243 e. The van der Waals surface area contributed by atoms with Gasteiger partial charge in [0.1, 0.15) is 0 Å². The zero-order valence-electron chi connectivity index (χ0n) is 15.6. The summed E-state index contributed by atoms with van der Waals surface area (Å²) in [7, 11) is -3.71. The van der Waals surface area contributed by atoms with Gasteiger partial charge in [-0.05, 0) is 66.9 Å². The molecular formula is C20H24ClN3O3S. The van der Waals surface area contributed by atoms with Crippen LogP contribution in [-0.4, -0.2) is 62.8 Å². The van der Waals surface area contributed by atoms with Gasteiger partial charge in [-0.15, -0.1) is 0 Å². The predicted octanol–water partition coefficient (Wildman–Crippen LogP) is 2.33. The molecule has 2 aromatic carbocycles. The summed E-state index contributed by atoms with van der Waals surface area (Å²) in [5.74, 6) is 0.390. The summed E-state index contributed by atoms with van der Waals surface area (Å²) in [5, 5.41) is 5.63. The lowest BCUT2D eigenvalue weighted by atomic mass is 9.97. The number of benzene rings is 2. The number of carbonyl (C=O) groups excluding carboxylic acids is 1. The van der Waals surface area contributed by atoms with E-state index in [-0.39, 0.29) is 17.3 Å². The highest BCUT2D eigenvalue weighted by molar-refractivity contribution is 7.89. The van der Waals surface area contributed by atoms with E-state index in [1.54, 1.807) is 36.4 Å². The van der Waals surface area contributed by atoms with E-state index in [2.05, 4.69) is 5.32 Å². The number of rotatable bonds is 4. The van der Waals surface area contributed by atoms with Crippen molar-refractivity contribution in [1.29, 1.82) is 0 Å². The summed E-state index contributed by atoms with van der Waals surface area (Å²) >= 11 is 6.00. The van der Waals surface area contributed by atoms with Crippen LogP contribution in [0.15, 0.2) is 41.3 Å². The topological polar surface area (TPSA) is 69.7 Å². The van der Waals surface area contributed by atoms with Gasteiger partial charge in [0.25, 0.3) is 0 Å². The largest absolute Gasteiger partial charge is 0.340 e. The monoisotopic (exact) mass is 421 g/mol. The molecule has 28 heavy (non-hydrogen) atoms. The minimum atomic E-state index is -3.71. The number of piperidine rings is 1. The molecule has 6 nitrogen and oxygen atoms in total. The lowest BCUT2D eigenvalue weighted by molar-refractivity contribution is -0.134. The van der Waals surface area contributed by atoms with Crippen LogP contribution < -0.4 is 5.32 Å². The second-order valence-corrected chi connectivity index (χ2v) is 9.90. The zero-order chi connectivity index (χ0) is 19.7. The van der Waals surface area contributed by atoms with Crippen molar-refractivity contribution in [3.63, 3.8) is 0 Å². The van der Waals surface area contributed by atoms with E-state index in [1.807, 2.05) is 4.90 Å². The first kappa shape index (κ1) is 19.6. The van der Waals surface area contributed by atoms with Gasteiger partial charge in [0.05, 0.1) is 11.4 Å². The highest BCUT2D eigenvalue weighted by Crippen LogP contribution is 2.25. The van der Waals surface area contributed by atoms with Crippen LogP contribution in [0.3, 0.4) is 0 Å². The fraction of sp³-hybridized carbons (Fsp3) is 0.450. The molecule has 8 heteroatoms. The number of sulfonamides is 1. The van der Waals surface area contributed by atoms with Crippen molar-refractivity contribution in [2.75, 3.05) is 39.3 Å². The van der Waals surface area contributed by atoms with Crippen LogP contribution in [0.2, 0.25) is 5.02 Å². The van der Waals surface area contributed by atoms with Crippen LogP contribution in [0.5, 0.6) is 0 Å². The zero-order valence-corrected chi connectivity index (χ0v) is 17.2. The number of halogens is 1. The van der Waals surface area contributed by atoms with Crippen molar-refractivity contribution in [3.05, 3.63) is 41.4 Å². The molecule has 2 aromatic rings. The van der Waals surface area contributed by atoms with Crippen LogP contribution in [0.4, 0.5) is 0 Å². The molecule has 2 aliphatic rings. The summed E-state index contributed by atoms with van der Waals surface area (Å²) in [6.45, 7) is 3.39. The lowest BCUT2D eigenvalue weighted by Crippen LogP contribution is -2.53. The highest BCUT2D eigenvalue weighted by Gasteiger charge is 2.33. The van der Waals surface area contributed by atoms with Gasteiger partial charge < -0.3 is 10.2 Å². The van der Waals surface area contributed by atoms with Gasteiger partial charge >= 0.3 is 0 Å². The lowest BCUT2D eigenvalue weighted by Gasteiger charge is -2.36. The van der Waals surface area contributed by atoms with Gasteiger partial charge in [-0.2, -0.15) is 4.31 Å². The van der Waals surface area contributed by atoms with Gasteiger partial charge in [-0.1, -0.05) is 23.7 Å². The van der Waals surface area contributed by atoms with Crippen LogP contribution in [0.25, 0.3) is 10.8 Å². The van der Waals surface area contributed by atoms with Crippen LogP contribution in [0, 0.1) is 5.92 Å². The van der Waals surface area contributed by atoms with Gasteiger partial charge in [0, 0.05) is 24.7 Å². The highest BCUT2D eigenvalue weighted by atomic mass is 35.5. The molecule has 2 fully saturated rings. The minimum Gasteiger partial charge on any atom is -0.340 e. The number of hydrogen-bond donors (Lipinski definition) is 1. The second-order valence-electron chi connectivity index (χ2n) is 7.53. The molecule has 0 bridgehead atoms. The van der Waals surface area contributed by atoms with E-state index in [4.69, 9.17) is 11.6 Å². The summed E-state index contributed by atoms with van der Waals surface area (Å²) < 4.78 is 27.4. The second kappa shape index (κ2) is 7.99. The predicted molar refractivity (Wildman–Crippen MR) is 110 cm³/mol. The molecule has 0 saturated carbocycles. The van der Waals surface area contributed by atoms with E-state index >= 15 is 0 Å². The molecule has 2 saturated heterocycles. The number of nitrogens with zero attached hydrogens (tertiary/aromatic N) is 2. The first-order chi connectivity index (χ1) is 13.4. The molecule has 1 amide bonds. The van der Waals surface area contributed by atoms with Gasteiger partial charge in [0.15, 0.2) is 0 Å². The summed E-state index contributed by atoms with van der Waals surface area (Å²) in [4.78, 5) is 14.6. The van der Waals surface area contributed by atoms with E-state index in [9.17, 15) is 13.2 Å². The Hall–Kier alpha value is -1.67. The number of fused-ring (bicyclic) bond motifs is 1. The quantitative estimate of drug-likeness (QED) is 0.822. The summed E-state index contributed by atoms with van der Waals surface area (Å²) in [6.07, 6.45) is 2.12. The maximum atomic E-state index is 13.1. The molecule has 0 aromatic heterocycles. The normalized spacial score (nSPS) is 20.0. The fourth-order valence-corrected chi connectivity index (χ4v) is 5.56. The third-order valence-electron chi connectivity index (χ3n) is 5.63. The van der Waals surface area contributed by atoms with Crippen LogP contribution >= 0.6 is 11.6 Å². The molecular weight excluding hydrogens is 398 g/mol. The third-order valence-corrected chi connectivity index (χ3v) is 7.71. The van der Waals surface area contributed by atoms with Gasteiger partial charge in [-0.3, -0.25) is 4.79 Å². The number of nitrogens with one attached hydrogen (secondary N) is 1. The Labute approximate surface area is 170 Å². The fourth-order valence-electron chi connectivity index (χ4n) is 3.97. The Morgan fingerprint density at radius 1 is 1.04 bits per heavy atom. The molecule has 150 valence electrons. The maximum absolute atomic E-state index is 13.1. The van der Waals surface area contributed by atoms with Crippen molar-refractivity contribution in [2.24, 2.45) is 5.92 Å². The average molecular weight is 422 g/mol. The van der Waals surface area contributed by atoms with Gasteiger partial charge in [0.2, 0.25) is 15.9 Å². The third kappa shape index (κ3) is 4.03. The molecule has 0 atom stereocenters. The number of amides is 1. The Morgan fingerprint density at radius 2 is 1.75 bits per heavy atom. The van der Waals surface area contributed by atoms with Crippen molar-refractivity contribution in [1.82, 2.24) is 14.5 Å². The van der Waals surface area contributed by atoms with E-state index in [0.717, 1.165) is 43.2 Å². The van der Waals surface area contributed by atoms with Crippen molar-refractivity contribution in [2.45, 2.75) is 17.7 Å². The molecule has 4 rings (SSSR count). The summed E-state index contributed by atoms with van der Waals surface area (Å²) in [6, 6.07) is 10.3. The molecule has 2 aliphatic heterocycles. The van der Waals surface area contributed by atoms with E-state index in [1.165, 1.54) is 4.31 Å². The first-order valence-corrected chi connectivity index (χ1v) is 11.4. The molecule has 2 heterocycles. The average Bonchev–Trinajstić information content (AvgIpc) is 2.69. The number of carbonyl (C=O) groups is 1. The first-order valence-electron chi connectivity index (χ1n) is 9.61.